The van der Waals surface area contributed by atoms with E-state index in [1.165, 1.54) is 19.1 Å². The summed E-state index contributed by atoms with van der Waals surface area (Å²) in [6, 6.07) is 2.45. The average Bonchev–Trinajstić information content (AvgIpc) is 2.96. The van der Waals surface area contributed by atoms with Gasteiger partial charge in [-0.2, -0.15) is 0 Å². The van der Waals surface area contributed by atoms with E-state index >= 15 is 0 Å². The fourth-order valence-electron chi connectivity index (χ4n) is 2.29. The van der Waals surface area contributed by atoms with Crippen LogP contribution in [0.4, 0.5) is 4.39 Å². The third-order valence-corrected chi connectivity index (χ3v) is 3.46. The Morgan fingerprint density at radius 2 is 1.94 bits per heavy atom. The summed E-state index contributed by atoms with van der Waals surface area (Å²) in [6.45, 7) is 1.52. The highest BCUT2D eigenvalue weighted by Crippen LogP contribution is 2.52. The van der Waals surface area contributed by atoms with Crippen molar-refractivity contribution in [1.29, 1.82) is 0 Å². The lowest BCUT2D eigenvalue weighted by Crippen LogP contribution is -2.16. The summed E-state index contributed by atoms with van der Waals surface area (Å²) in [7, 11) is 0. The minimum atomic E-state index is -1.13. The number of aliphatic carboxylic acids is 1. The molecule has 0 radical (unpaired) electrons. The molecule has 18 heavy (non-hydrogen) atoms. The number of aryl methyl sites for hydroxylation is 1. The Labute approximate surface area is 103 Å². The summed E-state index contributed by atoms with van der Waals surface area (Å²) >= 11 is 0. The van der Waals surface area contributed by atoms with E-state index < -0.39 is 23.2 Å². The van der Waals surface area contributed by atoms with Crippen molar-refractivity contribution in [3.05, 3.63) is 34.6 Å². The van der Waals surface area contributed by atoms with Crippen LogP contribution in [0, 0.1) is 12.7 Å². The van der Waals surface area contributed by atoms with E-state index in [0.717, 1.165) is 0 Å². The number of aromatic carboxylic acids is 1. The molecule has 2 N–H and O–H groups in total. The molecule has 1 aromatic rings. The first-order valence-corrected chi connectivity index (χ1v) is 5.61. The Morgan fingerprint density at radius 3 is 2.39 bits per heavy atom. The largest absolute Gasteiger partial charge is 0.481 e. The molecule has 2 rings (SSSR count). The van der Waals surface area contributed by atoms with Crippen LogP contribution >= 0.6 is 0 Å². The van der Waals surface area contributed by atoms with Gasteiger partial charge in [0.05, 0.1) is 12.0 Å². The smallest absolute Gasteiger partial charge is 0.335 e. The molecule has 0 unspecified atom stereocenters. The number of benzene rings is 1. The van der Waals surface area contributed by atoms with Crippen LogP contribution in [0.3, 0.4) is 0 Å². The summed E-state index contributed by atoms with van der Waals surface area (Å²) in [4.78, 5) is 21.8. The van der Waals surface area contributed by atoms with Gasteiger partial charge in [-0.3, -0.25) is 4.79 Å². The number of carboxylic acids is 2. The average molecular weight is 252 g/mol. The van der Waals surface area contributed by atoms with Gasteiger partial charge in [0, 0.05) is 5.41 Å². The van der Waals surface area contributed by atoms with Gasteiger partial charge in [-0.25, -0.2) is 9.18 Å². The molecule has 0 amide bonds. The Hall–Kier alpha value is -1.91. The highest BCUT2D eigenvalue weighted by Gasteiger charge is 2.48. The van der Waals surface area contributed by atoms with Crippen LogP contribution in [0.2, 0.25) is 0 Å². The van der Waals surface area contributed by atoms with Crippen LogP contribution in [-0.4, -0.2) is 22.2 Å². The standard InChI is InChI=1S/C13H13FO4/c1-7-4-10(14)9(5-8(7)12(17)18)13(2-3-13)6-11(15)16/h4-5H,2-3,6H2,1H3,(H,15,16)(H,17,18). The monoisotopic (exact) mass is 252 g/mol. The van der Waals surface area contributed by atoms with Crippen molar-refractivity contribution in [2.24, 2.45) is 0 Å². The van der Waals surface area contributed by atoms with E-state index in [1.54, 1.807) is 0 Å². The number of halogens is 1. The van der Waals surface area contributed by atoms with Gasteiger partial charge in [-0.15, -0.1) is 0 Å². The van der Waals surface area contributed by atoms with Crippen LogP contribution in [0.1, 0.15) is 40.7 Å². The van der Waals surface area contributed by atoms with Crippen molar-refractivity contribution in [3.8, 4) is 0 Å². The fourth-order valence-corrected chi connectivity index (χ4v) is 2.29. The van der Waals surface area contributed by atoms with Gasteiger partial charge in [0.1, 0.15) is 5.82 Å². The summed E-state index contributed by atoms with van der Waals surface area (Å²) in [6.07, 6.45) is 1.00. The SMILES string of the molecule is Cc1cc(F)c(C2(CC(=O)O)CC2)cc1C(=O)O. The van der Waals surface area contributed by atoms with Gasteiger partial charge in [0.25, 0.3) is 0 Å². The quantitative estimate of drug-likeness (QED) is 0.862. The zero-order valence-corrected chi connectivity index (χ0v) is 9.86. The number of hydrogen-bond donors (Lipinski definition) is 2. The highest BCUT2D eigenvalue weighted by molar-refractivity contribution is 5.89. The first-order chi connectivity index (χ1) is 8.35. The molecule has 1 aromatic carbocycles. The molecule has 0 heterocycles. The van der Waals surface area contributed by atoms with Gasteiger partial charge in [0.2, 0.25) is 0 Å². The number of carboxylic acid groups (broad SMARTS) is 2. The third kappa shape index (κ3) is 2.08. The molecule has 1 saturated carbocycles. The van der Waals surface area contributed by atoms with Crippen molar-refractivity contribution in [3.63, 3.8) is 0 Å². The molecule has 1 aliphatic rings. The summed E-state index contributed by atoms with van der Waals surface area (Å²) in [5.41, 5.74) is -0.126. The van der Waals surface area contributed by atoms with Gasteiger partial charge >= 0.3 is 11.9 Å². The molecule has 4 nitrogen and oxygen atoms in total. The maximum atomic E-state index is 13.9. The molecule has 0 bridgehead atoms. The second-order valence-electron chi connectivity index (χ2n) is 4.80. The van der Waals surface area contributed by atoms with Crippen LogP contribution in [0.15, 0.2) is 12.1 Å². The van der Waals surface area contributed by atoms with Crippen molar-refractivity contribution in [2.75, 3.05) is 0 Å². The maximum absolute atomic E-state index is 13.9. The molecular weight excluding hydrogens is 239 g/mol. The normalized spacial score (nSPS) is 16.3. The topological polar surface area (TPSA) is 74.6 Å². The minimum Gasteiger partial charge on any atom is -0.481 e. The summed E-state index contributed by atoms with van der Waals surface area (Å²) in [5.74, 6) is -2.64. The predicted octanol–water partition coefficient (Wildman–Crippen LogP) is 2.34. The second-order valence-corrected chi connectivity index (χ2v) is 4.80. The van der Waals surface area contributed by atoms with E-state index in [0.29, 0.717) is 18.4 Å². The van der Waals surface area contributed by atoms with E-state index in [2.05, 4.69) is 0 Å². The van der Waals surface area contributed by atoms with Crippen molar-refractivity contribution in [1.82, 2.24) is 0 Å². The molecule has 0 aliphatic heterocycles. The zero-order chi connectivity index (χ0) is 13.5. The van der Waals surface area contributed by atoms with Crippen molar-refractivity contribution < 1.29 is 24.2 Å². The maximum Gasteiger partial charge on any atom is 0.335 e. The molecule has 0 atom stereocenters. The lowest BCUT2D eigenvalue weighted by atomic mass is 9.89. The Bertz CT molecular complexity index is 532. The second kappa shape index (κ2) is 4.08. The predicted molar refractivity (Wildman–Crippen MR) is 61.3 cm³/mol. The molecule has 0 saturated heterocycles. The molecule has 0 aromatic heterocycles. The van der Waals surface area contributed by atoms with E-state index in [9.17, 15) is 14.0 Å². The third-order valence-electron chi connectivity index (χ3n) is 3.46. The van der Waals surface area contributed by atoms with Gasteiger partial charge in [-0.05, 0) is 43.0 Å². The summed E-state index contributed by atoms with van der Waals surface area (Å²) < 4.78 is 13.9. The van der Waals surface area contributed by atoms with Gasteiger partial charge in [0.15, 0.2) is 0 Å². The van der Waals surface area contributed by atoms with Crippen LogP contribution in [0.5, 0.6) is 0 Å². The van der Waals surface area contributed by atoms with E-state index in [-0.39, 0.29) is 17.5 Å². The van der Waals surface area contributed by atoms with E-state index in [1.807, 2.05) is 0 Å². The first kappa shape index (κ1) is 12.5. The van der Waals surface area contributed by atoms with E-state index in [4.69, 9.17) is 10.2 Å². The number of carbonyl (C=O) groups is 2. The Balaban J connectivity index is 2.48. The van der Waals surface area contributed by atoms with Gasteiger partial charge in [-0.1, -0.05) is 0 Å². The van der Waals surface area contributed by atoms with Crippen molar-refractivity contribution in [2.45, 2.75) is 31.6 Å². The lowest BCUT2D eigenvalue weighted by molar-refractivity contribution is -0.137. The Kier molecular flexibility index (Phi) is 2.84. The molecule has 1 aliphatic carbocycles. The molecule has 0 spiro atoms. The highest BCUT2D eigenvalue weighted by atomic mass is 19.1. The molecular formula is C13H13FO4. The summed E-state index contributed by atoms with van der Waals surface area (Å²) in [5, 5.41) is 17.8. The Morgan fingerprint density at radius 1 is 1.33 bits per heavy atom. The first-order valence-electron chi connectivity index (χ1n) is 5.61. The number of rotatable bonds is 4. The fraction of sp³-hybridized carbons (Fsp3) is 0.385. The van der Waals surface area contributed by atoms with Gasteiger partial charge < -0.3 is 10.2 Å². The van der Waals surface area contributed by atoms with Crippen LogP contribution < -0.4 is 0 Å². The van der Waals surface area contributed by atoms with Crippen LogP contribution in [0.25, 0.3) is 0 Å². The number of hydrogen-bond acceptors (Lipinski definition) is 2. The van der Waals surface area contributed by atoms with Crippen molar-refractivity contribution >= 4 is 11.9 Å². The van der Waals surface area contributed by atoms with Crippen LogP contribution in [-0.2, 0) is 10.2 Å². The lowest BCUT2D eigenvalue weighted by Gasteiger charge is -2.16. The molecule has 5 heteroatoms. The molecule has 1 fully saturated rings. The zero-order valence-electron chi connectivity index (χ0n) is 9.86. The minimum absolute atomic E-state index is 0.0306. The molecule has 96 valence electrons.